The molecule has 5 heteroatoms. The lowest BCUT2D eigenvalue weighted by molar-refractivity contribution is 0.0696. The van der Waals surface area contributed by atoms with E-state index in [0.717, 1.165) is 5.69 Å². The predicted molar refractivity (Wildman–Crippen MR) is 80.7 cm³/mol. The highest BCUT2D eigenvalue weighted by Crippen LogP contribution is 2.28. The third-order valence-electron chi connectivity index (χ3n) is 3.84. The van der Waals surface area contributed by atoms with E-state index in [0.29, 0.717) is 0 Å². The van der Waals surface area contributed by atoms with E-state index in [-0.39, 0.29) is 28.3 Å². The highest BCUT2D eigenvalue weighted by molar-refractivity contribution is 6.31. The van der Waals surface area contributed by atoms with Crippen LogP contribution in [0.2, 0.25) is 0 Å². The number of likely N-dealkylation sites (N-methyl/N-ethyl adjacent to an activating group) is 1. The summed E-state index contributed by atoms with van der Waals surface area (Å²) in [6, 6.07) is 12.2. The fourth-order valence-electron chi connectivity index (χ4n) is 2.67. The van der Waals surface area contributed by atoms with Gasteiger partial charge in [0.15, 0.2) is 17.6 Å². The molecule has 1 aliphatic carbocycles. The summed E-state index contributed by atoms with van der Waals surface area (Å²) in [5.41, 5.74) is 1.21. The number of Topliss-reactive ketones (excluding diaryl/α,β-unsaturated/α-hetero) is 2. The number of anilines is 1. The van der Waals surface area contributed by atoms with Crippen molar-refractivity contribution in [3.8, 4) is 0 Å². The second kappa shape index (κ2) is 5.11. The van der Waals surface area contributed by atoms with Crippen LogP contribution in [-0.4, -0.2) is 35.7 Å². The number of carbonyl (C=O) groups is 3. The van der Waals surface area contributed by atoms with Crippen LogP contribution < -0.4 is 4.90 Å². The normalized spacial score (nSPS) is 16.5. The van der Waals surface area contributed by atoms with Crippen LogP contribution in [0.15, 0.2) is 48.5 Å². The van der Waals surface area contributed by atoms with Gasteiger partial charge in [-0.1, -0.05) is 18.2 Å². The van der Waals surface area contributed by atoms with E-state index in [1.807, 2.05) is 30.3 Å². The molecule has 0 amide bonds. The average molecular weight is 295 g/mol. The Bertz CT molecular complexity index is 783. The molecule has 0 radical (unpaired) electrons. The van der Waals surface area contributed by atoms with Crippen LogP contribution in [0.4, 0.5) is 5.69 Å². The van der Waals surface area contributed by atoms with Gasteiger partial charge < -0.3 is 10.0 Å². The highest BCUT2D eigenvalue weighted by atomic mass is 16.4. The first-order valence-electron chi connectivity index (χ1n) is 6.74. The molecule has 1 atom stereocenters. The summed E-state index contributed by atoms with van der Waals surface area (Å²) in [6.45, 7) is 0. The minimum absolute atomic E-state index is 0.00270. The lowest BCUT2D eigenvalue weighted by atomic mass is 10.1. The number of para-hydroxylation sites is 1. The van der Waals surface area contributed by atoms with Crippen molar-refractivity contribution < 1.29 is 19.5 Å². The van der Waals surface area contributed by atoms with Crippen LogP contribution in [0.5, 0.6) is 0 Å². The Morgan fingerprint density at radius 2 is 1.64 bits per heavy atom. The molecule has 0 spiro atoms. The van der Waals surface area contributed by atoms with Crippen molar-refractivity contribution in [2.24, 2.45) is 0 Å². The van der Waals surface area contributed by atoms with Crippen molar-refractivity contribution in [3.05, 3.63) is 65.2 Å². The maximum atomic E-state index is 12.5. The largest absolute Gasteiger partial charge is 0.478 e. The monoisotopic (exact) mass is 295 g/mol. The van der Waals surface area contributed by atoms with Crippen molar-refractivity contribution in [1.82, 2.24) is 0 Å². The summed E-state index contributed by atoms with van der Waals surface area (Å²) in [5, 5.41) is 9.01. The van der Waals surface area contributed by atoms with Gasteiger partial charge in [0.25, 0.3) is 0 Å². The van der Waals surface area contributed by atoms with E-state index < -0.39 is 12.0 Å². The molecule has 22 heavy (non-hydrogen) atoms. The molecule has 0 aromatic heterocycles. The molecule has 110 valence electrons. The molecule has 0 fully saturated rings. The predicted octanol–water partition coefficient (Wildman–Crippen LogP) is 2.27. The molecular formula is C17H13NO4. The second-order valence-corrected chi connectivity index (χ2v) is 5.14. The Kier molecular flexibility index (Phi) is 3.25. The average Bonchev–Trinajstić information content (AvgIpc) is 2.78. The van der Waals surface area contributed by atoms with E-state index in [1.54, 1.807) is 11.9 Å². The van der Waals surface area contributed by atoms with E-state index in [2.05, 4.69) is 0 Å². The van der Waals surface area contributed by atoms with Crippen molar-refractivity contribution in [2.45, 2.75) is 6.04 Å². The zero-order chi connectivity index (χ0) is 15.9. The number of benzene rings is 2. The van der Waals surface area contributed by atoms with Gasteiger partial charge in [-0.2, -0.15) is 0 Å². The fraction of sp³-hybridized carbons (Fsp3) is 0.118. The van der Waals surface area contributed by atoms with E-state index >= 15 is 0 Å². The summed E-state index contributed by atoms with van der Waals surface area (Å²) in [4.78, 5) is 37.7. The Balaban J connectivity index is 2.01. The molecule has 5 nitrogen and oxygen atoms in total. The fourth-order valence-corrected chi connectivity index (χ4v) is 2.67. The van der Waals surface area contributed by atoms with Crippen molar-refractivity contribution >= 4 is 23.2 Å². The number of hydrogen-bond donors (Lipinski definition) is 1. The van der Waals surface area contributed by atoms with Crippen LogP contribution >= 0.6 is 0 Å². The molecule has 2 aromatic rings. The third kappa shape index (κ3) is 2.07. The van der Waals surface area contributed by atoms with Crippen molar-refractivity contribution in [1.29, 1.82) is 0 Å². The lowest BCUT2D eigenvalue weighted by Gasteiger charge is -2.24. The SMILES string of the molecule is CN(c1ccccc1)C1C(=O)c2ccc(C(=O)O)cc2C1=O. The molecule has 2 aromatic carbocycles. The number of carboxylic acid groups (broad SMARTS) is 1. The van der Waals surface area contributed by atoms with Gasteiger partial charge in [-0.15, -0.1) is 0 Å². The van der Waals surface area contributed by atoms with Gasteiger partial charge in [0.1, 0.15) is 0 Å². The number of aromatic carboxylic acids is 1. The number of nitrogens with zero attached hydrogens (tertiary/aromatic N) is 1. The number of ketones is 2. The van der Waals surface area contributed by atoms with Gasteiger partial charge in [-0.25, -0.2) is 4.79 Å². The van der Waals surface area contributed by atoms with Crippen molar-refractivity contribution in [3.63, 3.8) is 0 Å². The Hall–Kier alpha value is -2.95. The quantitative estimate of drug-likeness (QED) is 0.879. The molecular weight excluding hydrogens is 282 g/mol. The van der Waals surface area contributed by atoms with E-state index in [1.165, 1.54) is 18.2 Å². The van der Waals surface area contributed by atoms with Crippen LogP contribution in [0, 0.1) is 0 Å². The molecule has 0 heterocycles. The summed E-state index contributed by atoms with van der Waals surface area (Å²) in [5.74, 6) is -1.79. The molecule has 0 saturated carbocycles. The van der Waals surface area contributed by atoms with Crippen LogP contribution in [0.25, 0.3) is 0 Å². The van der Waals surface area contributed by atoms with Crippen LogP contribution in [0.1, 0.15) is 31.1 Å². The number of rotatable bonds is 3. The maximum absolute atomic E-state index is 12.5. The second-order valence-electron chi connectivity index (χ2n) is 5.14. The number of carbonyl (C=O) groups excluding carboxylic acids is 2. The van der Waals surface area contributed by atoms with Gasteiger partial charge in [0.05, 0.1) is 5.56 Å². The lowest BCUT2D eigenvalue weighted by Crippen LogP contribution is -2.40. The standard InChI is InChI=1S/C17H13NO4/c1-18(11-5-3-2-4-6-11)14-15(19)12-8-7-10(17(21)22)9-13(12)16(14)20/h2-9,14H,1H3,(H,21,22). The number of fused-ring (bicyclic) bond motifs is 1. The minimum atomic E-state index is -1.12. The minimum Gasteiger partial charge on any atom is -0.478 e. The van der Waals surface area contributed by atoms with E-state index in [4.69, 9.17) is 5.11 Å². The summed E-state index contributed by atoms with van der Waals surface area (Å²) >= 11 is 0. The highest BCUT2D eigenvalue weighted by Gasteiger charge is 2.41. The van der Waals surface area contributed by atoms with Gasteiger partial charge in [-0.3, -0.25) is 9.59 Å². The Morgan fingerprint density at radius 3 is 2.27 bits per heavy atom. The smallest absolute Gasteiger partial charge is 0.335 e. The first-order valence-corrected chi connectivity index (χ1v) is 6.74. The zero-order valence-corrected chi connectivity index (χ0v) is 11.8. The molecule has 1 aliphatic rings. The van der Waals surface area contributed by atoms with Gasteiger partial charge in [-0.05, 0) is 30.3 Å². The van der Waals surface area contributed by atoms with Crippen LogP contribution in [-0.2, 0) is 0 Å². The maximum Gasteiger partial charge on any atom is 0.335 e. The molecule has 3 rings (SSSR count). The topological polar surface area (TPSA) is 74.7 Å². The molecule has 0 aliphatic heterocycles. The zero-order valence-electron chi connectivity index (χ0n) is 11.8. The molecule has 0 saturated heterocycles. The van der Waals surface area contributed by atoms with Crippen LogP contribution in [0.3, 0.4) is 0 Å². The summed E-state index contributed by atoms with van der Waals surface area (Å²) < 4.78 is 0. The molecule has 1 unspecified atom stereocenters. The first-order chi connectivity index (χ1) is 10.5. The summed E-state index contributed by atoms with van der Waals surface area (Å²) in [7, 11) is 1.68. The van der Waals surface area contributed by atoms with Crippen molar-refractivity contribution in [2.75, 3.05) is 11.9 Å². The molecule has 0 bridgehead atoms. The molecule has 1 N–H and O–H groups in total. The number of carboxylic acids is 1. The van der Waals surface area contributed by atoms with E-state index in [9.17, 15) is 14.4 Å². The Morgan fingerprint density at radius 1 is 1.00 bits per heavy atom. The number of hydrogen-bond acceptors (Lipinski definition) is 4. The van der Waals surface area contributed by atoms with Gasteiger partial charge in [0, 0.05) is 23.9 Å². The Labute approximate surface area is 126 Å². The first kappa shape index (κ1) is 14.0. The summed E-state index contributed by atoms with van der Waals surface area (Å²) in [6.07, 6.45) is 0. The van der Waals surface area contributed by atoms with Gasteiger partial charge in [0.2, 0.25) is 0 Å². The van der Waals surface area contributed by atoms with Gasteiger partial charge >= 0.3 is 5.97 Å². The third-order valence-corrected chi connectivity index (χ3v) is 3.84.